The van der Waals surface area contributed by atoms with Gasteiger partial charge in [0.2, 0.25) is 5.78 Å². The molecule has 0 aliphatic rings. The van der Waals surface area contributed by atoms with Gasteiger partial charge in [0.1, 0.15) is 5.75 Å². The number of hydrogen-bond donors (Lipinski definition) is 0. The van der Waals surface area contributed by atoms with Gasteiger partial charge in [-0.2, -0.15) is 0 Å². The normalized spacial score (nSPS) is 10.7. The van der Waals surface area contributed by atoms with Gasteiger partial charge in [0.15, 0.2) is 6.61 Å². The van der Waals surface area contributed by atoms with Crippen molar-refractivity contribution in [1.29, 1.82) is 0 Å². The highest BCUT2D eigenvalue weighted by Crippen LogP contribution is 2.34. The smallest absolute Gasteiger partial charge is 0.201 e. The highest BCUT2D eigenvalue weighted by Gasteiger charge is 2.14. The van der Waals surface area contributed by atoms with Crippen LogP contribution in [-0.4, -0.2) is 12.4 Å². The van der Waals surface area contributed by atoms with Gasteiger partial charge in [0.05, 0.1) is 15.1 Å². The number of rotatable bonds is 4. The standard InChI is InChI=1S/C14H11Cl3O2S/c1-7-3-9(8(2)20-7)13(18)6-19-14-5-11(16)10(15)4-12(14)17/h3-5H,6H2,1-2H3. The number of Topliss-reactive ketones (excluding diaryl/α,β-unsaturated/α-hetero) is 1. The highest BCUT2D eigenvalue weighted by molar-refractivity contribution is 7.12. The summed E-state index contributed by atoms with van der Waals surface area (Å²) in [6.07, 6.45) is 0. The molecule has 1 aromatic heterocycles. The molecule has 1 aromatic carbocycles. The first kappa shape index (κ1) is 15.6. The Morgan fingerprint density at radius 3 is 2.35 bits per heavy atom. The van der Waals surface area contributed by atoms with Crippen LogP contribution in [0.5, 0.6) is 5.75 Å². The Hall–Kier alpha value is -0.740. The first-order valence-electron chi connectivity index (χ1n) is 5.76. The van der Waals surface area contributed by atoms with Crippen LogP contribution >= 0.6 is 46.1 Å². The fourth-order valence-electron chi connectivity index (χ4n) is 1.74. The fourth-order valence-corrected chi connectivity index (χ4v) is 3.28. The number of ether oxygens (including phenoxy) is 1. The number of aryl methyl sites for hydroxylation is 2. The van der Waals surface area contributed by atoms with E-state index in [9.17, 15) is 4.79 Å². The number of halogens is 3. The van der Waals surface area contributed by atoms with E-state index in [4.69, 9.17) is 39.5 Å². The van der Waals surface area contributed by atoms with Crippen LogP contribution in [0.2, 0.25) is 15.1 Å². The lowest BCUT2D eigenvalue weighted by molar-refractivity contribution is 0.0921. The Bertz CT molecular complexity index is 665. The first-order chi connectivity index (χ1) is 9.38. The summed E-state index contributed by atoms with van der Waals surface area (Å²) in [5.41, 5.74) is 0.684. The van der Waals surface area contributed by atoms with E-state index in [0.717, 1.165) is 9.75 Å². The molecule has 0 saturated carbocycles. The number of thiophene rings is 1. The molecule has 0 fully saturated rings. The van der Waals surface area contributed by atoms with Crippen LogP contribution in [0.15, 0.2) is 18.2 Å². The summed E-state index contributed by atoms with van der Waals surface area (Å²) in [4.78, 5) is 14.2. The minimum Gasteiger partial charge on any atom is -0.484 e. The molecule has 0 N–H and O–H groups in total. The van der Waals surface area contributed by atoms with E-state index in [1.165, 1.54) is 12.1 Å². The van der Waals surface area contributed by atoms with Crippen molar-refractivity contribution in [1.82, 2.24) is 0 Å². The number of carbonyl (C=O) groups excluding carboxylic acids is 1. The van der Waals surface area contributed by atoms with Gasteiger partial charge >= 0.3 is 0 Å². The van der Waals surface area contributed by atoms with E-state index < -0.39 is 0 Å². The van der Waals surface area contributed by atoms with Crippen molar-refractivity contribution in [2.75, 3.05) is 6.61 Å². The van der Waals surface area contributed by atoms with E-state index in [1.807, 2.05) is 19.9 Å². The Kier molecular flexibility index (Phi) is 4.97. The zero-order valence-electron chi connectivity index (χ0n) is 10.8. The van der Waals surface area contributed by atoms with Gasteiger partial charge in [-0.15, -0.1) is 11.3 Å². The molecule has 0 saturated heterocycles. The Labute approximate surface area is 136 Å². The number of carbonyl (C=O) groups is 1. The first-order valence-corrected chi connectivity index (χ1v) is 7.71. The summed E-state index contributed by atoms with van der Waals surface area (Å²) < 4.78 is 5.43. The molecule has 0 aliphatic carbocycles. The van der Waals surface area contributed by atoms with Gasteiger partial charge in [-0.25, -0.2) is 0 Å². The minimum absolute atomic E-state index is 0.0886. The van der Waals surface area contributed by atoms with Gasteiger partial charge in [-0.05, 0) is 26.0 Å². The van der Waals surface area contributed by atoms with Crippen molar-refractivity contribution in [3.8, 4) is 5.75 Å². The second-order valence-corrected chi connectivity index (χ2v) is 6.92. The summed E-state index contributed by atoms with van der Waals surface area (Å²) >= 11 is 19.3. The van der Waals surface area contributed by atoms with Gasteiger partial charge in [-0.1, -0.05) is 34.8 Å². The molecule has 0 amide bonds. The van der Waals surface area contributed by atoms with Crippen LogP contribution in [0, 0.1) is 13.8 Å². The maximum atomic E-state index is 12.1. The zero-order valence-corrected chi connectivity index (χ0v) is 13.9. The van der Waals surface area contributed by atoms with Crippen molar-refractivity contribution in [2.24, 2.45) is 0 Å². The van der Waals surface area contributed by atoms with Crippen molar-refractivity contribution >= 4 is 51.9 Å². The molecule has 0 radical (unpaired) electrons. The van der Waals surface area contributed by atoms with Crippen molar-refractivity contribution in [2.45, 2.75) is 13.8 Å². The topological polar surface area (TPSA) is 26.3 Å². The van der Waals surface area contributed by atoms with Crippen LogP contribution < -0.4 is 4.74 Å². The summed E-state index contributed by atoms with van der Waals surface area (Å²) in [6.45, 7) is 3.79. The molecule has 6 heteroatoms. The maximum absolute atomic E-state index is 12.1. The Morgan fingerprint density at radius 1 is 1.10 bits per heavy atom. The number of ketones is 1. The third-order valence-electron chi connectivity index (χ3n) is 2.67. The molecule has 0 aliphatic heterocycles. The molecule has 0 spiro atoms. The van der Waals surface area contributed by atoms with Crippen molar-refractivity contribution in [3.63, 3.8) is 0 Å². The van der Waals surface area contributed by atoms with Crippen LogP contribution in [-0.2, 0) is 0 Å². The highest BCUT2D eigenvalue weighted by atomic mass is 35.5. The SMILES string of the molecule is Cc1cc(C(=O)COc2cc(Cl)c(Cl)cc2Cl)c(C)s1. The fraction of sp³-hybridized carbons (Fsp3) is 0.214. The molecule has 20 heavy (non-hydrogen) atoms. The van der Waals surface area contributed by atoms with Crippen LogP contribution in [0.25, 0.3) is 0 Å². The Balaban J connectivity index is 2.11. The van der Waals surface area contributed by atoms with Gasteiger partial charge in [0, 0.05) is 21.4 Å². The summed E-state index contributed by atoms with van der Waals surface area (Å²) in [6, 6.07) is 4.86. The molecule has 2 rings (SSSR count). The molecule has 2 nitrogen and oxygen atoms in total. The lowest BCUT2D eigenvalue weighted by atomic mass is 10.2. The lowest BCUT2D eigenvalue weighted by Gasteiger charge is -2.08. The molecule has 0 bridgehead atoms. The van der Waals surface area contributed by atoms with E-state index in [1.54, 1.807) is 11.3 Å². The average Bonchev–Trinajstić information content (AvgIpc) is 2.71. The van der Waals surface area contributed by atoms with E-state index in [0.29, 0.717) is 26.4 Å². The summed E-state index contributed by atoms with van der Waals surface area (Å²) in [5, 5.41) is 1.01. The van der Waals surface area contributed by atoms with E-state index >= 15 is 0 Å². The molecule has 1 heterocycles. The second-order valence-electron chi connectivity index (χ2n) is 4.24. The third kappa shape index (κ3) is 3.47. The van der Waals surface area contributed by atoms with Gasteiger partial charge in [-0.3, -0.25) is 4.79 Å². The van der Waals surface area contributed by atoms with Crippen molar-refractivity contribution in [3.05, 3.63) is 48.6 Å². The lowest BCUT2D eigenvalue weighted by Crippen LogP contribution is -2.12. The minimum atomic E-state index is -0.0889. The molecule has 2 aromatic rings. The van der Waals surface area contributed by atoms with Crippen molar-refractivity contribution < 1.29 is 9.53 Å². The summed E-state index contributed by atoms with van der Waals surface area (Å²) in [7, 11) is 0. The maximum Gasteiger partial charge on any atom is 0.201 e. The largest absolute Gasteiger partial charge is 0.484 e. The van der Waals surface area contributed by atoms with Gasteiger partial charge in [0.25, 0.3) is 0 Å². The Morgan fingerprint density at radius 2 is 1.75 bits per heavy atom. The summed E-state index contributed by atoms with van der Waals surface area (Å²) in [5.74, 6) is 0.257. The molecule has 0 atom stereocenters. The van der Waals surface area contributed by atoms with Crippen LogP contribution in [0.1, 0.15) is 20.1 Å². The van der Waals surface area contributed by atoms with E-state index in [2.05, 4.69) is 0 Å². The average molecular weight is 350 g/mol. The predicted molar refractivity (Wildman–Crippen MR) is 85.1 cm³/mol. The molecule has 106 valence electrons. The van der Waals surface area contributed by atoms with E-state index in [-0.39, 0.29) is 12.4 Å². The van der Waals surface area contributed by atoms with Gasteiger partial charge < -0.3 is 4.74 Å². The van der Waals surface area contributed by atoms with Crippen LogP contribution in [0.4, 0.5) is 0 Å². The molecular weight excluding hydrogens is 339 g/mol. The monoisotopic (exact) mass is 348 g/mol. The number of hydrogen-bond acceptors (Lipinski definition) is 3. The quantitative estimate of drug-likeness (QED) is 0.531. The second kappa shape index (κ2) is 6.35. The van der Waals surface area contributed by atoms with Crippen LogP contribution in [0.3, 0.4) is 0 Å². The third-order valence-corrected chi connectivity index (χ3v) is 4.66. The number of benzene rings is 1. The molecule has 0 unspecified atom stereocenters. The molecular formula is C14H11Cl3O2S. The predicted octanol–water partition coefficient (Wildman–Crippen LogP) is 5.59. The zero-order chi connectivity index (χ0) is 14.9.